The number of aromatic carboxylic acids is 1. The van der Waals surface area contributed by atoms with Crippen molar-refractivity contribution in [1.82, 2.24) is 9.55 Å². The first-order valence-corrected chi connectivity index (χ1v) is 7.06. The first-order chi connectivity index (χ1) is 9.58. The first-order valence-electron chi connectivity index (χ1n) is 6.68. The molecule has 1 aliphatic heterocycles. The Balaban J connectivity index is 2.20. The van der Waals surface area contributed by atoms with E-state index in [1.54, 1.807) is 12.1 Å². The van der Waals surface area contributed by atoms with E-state index in [4.69, 9.17) is 11.6 Å². The third-order valence-electron chi connectivity index (χ3n) is 3.79. The minimum absolute atomic E-state index is 0.182. The Hall–Kier alpha value is -1.81. The number of carboxylic acid groups (broad SMARTS) is 1. The van der Waals surface area contributed by atoms with Gasteiger partial charge in [-0.1, -0.05) is 11.6 Å². The highest BCUT2D eigenvalue weighted by molar-refractivity contribution is 6.30. The van der Waals surface area contributed by atoms with Crippen LogP contribution in [0, 0.1) is 0 Å². The smallest absolute Gasteiger partial charge is 0.356 e. The van der Waals surface area contributed by atoms with Gasteiger partial charge >= 0.3 is 5.97 Å². The maximum absolute atomic E-state index is 11.4. The van der Waals surface area contributed by atoms with Crippen LogP contribution in [0.3, 0.4) is 0 Å². The van der Waals surface area contributed by atoms with Crippen molar-refractivity contribution in [2.24, 2.45) is 0 Å². The minimum Gasteiger partial charge on any atom is -0.476 e. The van der Waals surface area contributed by atoms with Crippen LogP contribution in [0.25, 0.3) is 11.4 Å². The molecule has 1 aliphatic rings. The summed E-state index contributed by atoms with van der Waals surface area (Å²) in [6.07, 6.45) is 2.82. The van der Waals surface area contributed by atoms with Crippen molar-refractivity contribution >= 4 is 17.6 Å². The van der Waals surface area contributed by atoms with Crippen LogP contribution in [-0.4, -0.2) is 20.6 Å². The van der Waals surface area contributed by atoms with E-state index in [1.807, 2.05) is 12.1 Å². The van der Waals surface area contributed by atoms with Crippen molar-refractivity contribution in [2.75, 3.05) is 0 Å². The van der Waals surface area contributed by atoms with Crippen molar-refractivity contribution in [3.63, 3.8) is 0 Å². The fraction of sp³-hybridized carbons (Fsp3) is 0.333. The zero-order chi connectivity index (χ0) is 14.3. The maximum atomic E-state index is 11.4. The molecule has 4 nitrogen and oxygen atoms in total. The Bertz CT molecular complexity index is 661. The molecule has 0 bridgehead atoms. The number of nitrogens with zero attached hydrogens (tertiary/aromatic N) is 2. The van der Waals surface area contributed by atoms with Crippen LogP contribution in [-0.2, 0) is 6.42 Å². The van der Waals surface area contributed by atoms with Gasteiger partial charge in [0.05, 0.1) is 5.69 Å². The number of rotatable bonds is 2. The van der Waals surface area contributed by atoms with Gasteiger partial charge in [0, 0.05) is 16.6 Å². The molecule has 1 atom stereocenters. The summed E-state index contributed by atoms with van der Waals surface area (Å²) in [7, 11) is 0. The number of carbonyl (C=O) groups is 1. The molecule has 0 saturated carbocycles. The topological polar surface area (TPSA) is 55.1 Å². The summed E-state index contributed by atoms with van der Waals surface area (Å²) < 4.78 is 2.07. The van der Waals surface area contributed by atoms with Gasteiger partial charge in [-0.25, -0.2) is 9.78 Å². The summed E-state index contributed by atoms with van der Waals surface area (Å²) in [6, 6.07) is 7.62. The predicted octanol–water partition coefficient (Wildman–Crippen LogP) is 3.80. The van der Waals surface area contributed by atoms with E-state index in [0.717, 1.165) is 36.3 Å². The molecule has 20 heavy (non-hydrogen) atoms. The lowest BCUT2D eigenvalue weighted by Gasteiger charge is -2.24. The van der Waals surface area contributed by atoms with Gasteiger partial charge in [-0.3, -0.25) is 0 Å². The summed E-state index contributed by atoms with van der Waals surface area (Å²) in [5.74, 6) is -0.232. The van der Waals surface area contributed by atoms with E-state index in [2.05, 4.69) is 16.5 Å². The monoisotopic (exact) mass is 290 g/mol. The van der Waals surface area contributed by atoms with Gasteiger partial charge < -0.3 is 9.67 Å². The first kappa shape index (κ1) is 13.2. The van der Waals surface area contributed by atoms with Crippen LogP contribution in [0.4, 0.5) is 0 Å². The molecule has 0 saturated heterocycles. The number of halogens is 1. The number of aromatic nitrogens is 2. The molecular weight excluding hydrogens is 276 g/mol. The van der Waals surface area contributed by atoms with E-state index in [1.165, 1.54) is 0 Å². The van der Waals surface area contributed by atoms with Crippen molar-refractivity contribution < 1.29 is 9.90 Å². The van der Waals surface area contributed by atoms with Crippen molar-refractivity contribution in [2.45, 2.75) is 32.2 Å². The van der Waals surface area contributed by atoms with E-state index < -0.39 is 5.97 Å². The fourth-order valence-electron chi connectivity index (χ4n) is 2.85. The molecule has 5 heteroatoms. The lowest BCUT2D eigenvalue weighted by molar-refractivity contribution is 0.0689. The fourth-order valence-corrected chi connectivity index (χ4v) is 2.97. The summed E-state index contributed by atoms with van der Waals surface area (Å²) >= 11 is 5.91. The molecule has 0 fully saturated rings. The van der Waals surface area contributed by atoms with E-state index in [9.17, 15) is 9.90 Å². The number of benzene rings is 1. The minimum atomic E-state index is -0.955. The Morgan fingerprint density at radius 2 is 2.10 bits per heavy atom. The average molecular weight is 291 g/mol. The zero-order valence-corrected chi connectivity index (χ0v) is 11.9. The summed E-state index contributed by atoms with van der Waals surface area (Å²) in [5.41, 5.74) is 1.92. The normalized spacial score (nSPS) is 17.8. The highest BCUT2D eigenvalue weighted by Crippen LogP contribution is 2.33. The highest BCUT2D eigenvalue weighted by atomic mass is 35.5. The molecule has 1 N–H and O–H groups in total. The molecule has 1 aromatic carbocycles. The van der Waals surface area contributed by atoms with Crippen LogP contribution >= 0.6 is 11.6 Å². The number of hydrogen-bond acceptors (Lipinski definition) is 2. The summed E-state index contributed by atoms with van der Waals surface area (Å²) in [6.45, 7) is 2.11. The SMILES string of the molecule is CC1CCCc2c(C(=O)O)nc(-c3ccc(Cl)cc3)n21. The van der Waals surface area contributed by atoms with Gasteiger partial charge in [-0.15, -0.1) is 0 Å². The van der Waals surface area contributed by atoms with Crippen LogP contribution < -0.4 is 0 Å². The van der Waals surface area contributed by atoms with Crippen LogP contribution in [0.15, 0.2) is 24.3 Å². The highest BCUT2D eigenvalue weighted by Gasteiger charge is 2.27. The number of carboxylic acids is 1. The largest absolute Gasteiger partial charge is 0.476 e. The molecule has 0 aliphatic carbocycles. The lowest BCUT2D eigenvalue weighted by Crippen LogP contribution is -2.17. The van der Waals surface area contributed by atoms with Crippen molar-refractivity contribution in [1.29, 1.82) is 0 Å². The molecule has 2 aromatic rings. The summed E-state index contributed by atoms with van der Waals surface area (Å²) in [4.78, 5) is 15.7. The standard InChI is InChI=1S/C15H15ClN2O2/c1-9-3-2-4-12-13(15(19)20)17-14(18(9)12)10-5-7-11(16)8-6-10/h5-9H,2-4H2,1H3,(H,19,20). The Kier molecular flexibility index (Phi) is 3.26. The van der Waals surface area contributed by atoms with Crippen molar-refractivity contribution in [3.8, 4) is 11.4 Å². The van der Waals surface area contributed by atoms with Gasteiger partial charge in [0.15, 0.2) is 5.69 Å². The number of imidazole rings is 1. The molecule has 2 heterocycles. The second kappa shape index (κ2) is 4.94. The maximum Gasteiger partial charge on any atom is 0.356 e. The third-order valence-corrected chi connectivity index (χ3v) is 4.04. The second-order valence-electron chi connectivity index (χ2n) is 5.15. The number of hydrogen-bond donors (Lipinski definition) is 1. The molecule has 0 radical (unpaired) electrons. The molecule has 3 rings (SSSR count). The number of fused-ring (bicyclic) bond motifs is 1. The molecule has 0 spiro atoms. The quantitative estimate of drug-likeness (QED) is 0.915. The Labute approximate surface area is 122 Å². The molecule has 104 valence electrons. The lowest BCUT2D eigenvalue weighted by atomic mass is 10.0. The molecular formula is C15H15ClN2O2. The van der Waals surface area contributed by atoms with E-state index in [-0.39, 0.29) is 11.7 Å². The Morgan fingerprint density at radius 3 is 2.75 bits per heavy atom. The van der Waals surface area contributed by atoms with Crippen LogP contribution in [0.1, 0.15) is 42.0 Å². The van der Waals surface area contributed by atoms with E-state index >= 15 is 0 Å². The van der Waals surface area contributed by atoms with Gasteiger partial charge in [0.1, 0.15) is 5.82 Å². The van der Waals surface area contributed by atoms with E-state index in [0.29, 0.717) is 5.02 Å². The average Bonchev–Trinajstić information content (AvgIpc) is 2.81. The van der Waals surface area contributed by atoms with Crippen molar-refractivity contribution in [3.05, 3.63) is 40.7 Å². The molecule has 0 amide bonds. The summed E-state index contributed by atoms with van der Waals surface area (Å²) in [5, 5.41) is 9.99. The zero-order valence-electron chi connectivity index (χ0n) is 11.1. The predicted molar refractivity (Wildman–Crippen MR) is 77.3 cm³/mol. The Morgan fingerprint density at radius 1 is 1.40 bits per heavy atom. The van der Waals surface area contributed by atoms with Crippen LogP contribution in [0.2, 0.25) is 5.02 Å². The van der Waals surface area contributed by atoms with Crippen LogP contribution in [0.5, 0.6) is 0 Å². The second-order valence-corrected chi connectivity index (χ2v) is 5.59. The van der Waals surface area contributed by atoms with Gasteiger partial charge in [-0.2, -0.15) is 0 Å². The molecule has 1 unspecified atom stereocenters. The van der Waals surface area contributed by atoms with Gasteiger partial charge in [0.25, 0.3) is 0 Å². The van der Waals surface area contributed by atoms with Gasteiger partial charge in [-0.05, 0) is 50.5 Å². The van der Waals surface area contributed by atoms with Gasteiger partial charge in [0.2, 0.25) is 0 Å². The molecule has 1 aromatic heterocycles. The third kappa shape index (κ3) is 2.10.